The Hall–Kier alpha value is -1.59. The molecule has 0 saturated carbocycles. The van der Waals surface area contributed by atoms with Crippen molar-refractivity contribution >= 4 is 28.4 Å². The number of carbonyl (C=O) groups is 1. The van der Waals surface area contributed by atoms with E-state index in [4.69, 9.17) is 11.6 Å². The number of halogens is 1. The molecule has 5 nitrogen and oxygen atoms in total. The lowest BCUT2D eigenvalue weighted by molar-refractivity contribution is 0.0258. The minimum absolute atomic E-state index is 0.0765. The van der Waals surface area contributed by atoms with Gasteiger partial charge in [0.1, 0.15) is 0 Å². The van der Waals surface area contributed by atoms with E-state index in [-0.39, 0.29) is 5.91 Å². The molecule has 0 aliphatic carbocycles. The van der Waals surface area contributed by atoms with Gasteiger partial charge in [-0.1, -0.05) is 11.6 Å². The lowest BCUT2D eigenvalue weighted by atomic mass is 9.93. The van der Waals surface area contributed by atoms with Crippen LogP contribution in [0.3, 0.4) is 0 Å². The third-order valence-corrected chi connectivity index (χ3v) is 5.80. The number of benzene rings is 1. The van der Waals surface area contributed by atoms with Gasteiger partial charge >= 0.3 is 0 Å². The molecule has 0 radical (unpaired) electrons. The Morgan fingerprint density at radius 3 is 3.18 bits per heavy atom. The topological polar surface area (TPSA) is 52.2 Å². The smallest absolute Gasteiger partial charge is 0.275 e. The fourth-order valence-electron chi connectivity index (χ4n) is 4.59. The standard InChI is InChI=1S/C16H17ClN4O/c17-10-1-2-12-13(6-10)18-19-15(12)16(22)21-11-5-9-3-4-20(7-11)8-14(9)21/h1-2,6,9,11,14H,3-5,7-8H2,(H,18,19)/t9-,11?,14-/m1/s1. The summed E-state index contributed by atoms with van der Waals surface area (Å²) in [7, 11) is 0. The number of carbonyl (C=O) groups excluding carboxylic acids is 1. The molecular formula is C16H17ClN4O. The van der Waals surface area contributed by atoms with Crippen LogP contribution in [-0.2, 0) is 0 Å². The number of rotatable bonds is 1. The van der Waals surface area contributed by atoms with Gasteiger partial charge in [0.15, 0.2) is 5.69 Å². The maximum atomic E-state index is 13.1. The summed E-state index contributed by atoms with van der Waals surface area (Å²) in [6, 6.07) is 6.25. The van der Waals surface area contributed by atoms with Crippen LogP contribution in [0.5, 0.6) is 0 Å². The summed E-state index contributed by atoms with van der Waals surface area (Å²) in [5, 5.41) is 8.74. The van der Waals surface area contributed by atoms with Crippen molar-refractivity contribution in [3.63, 3.8) is 0 Å². The van der Waals surface area contributed by atoms with Crippen LogP contribution in [-0.4, -0.2) is 57.6 Å². The molecule has 1 aromatic heterocycles. The van der Waals surface area contributed by atoms with Crippen LogP contribution < -0.4 is 0 Å². The van der Waals surface area contributed by atoms with Gasteiger partial charge in [-0.3, -0.25) is 14.8 Å². The SMILES string of the molecule is O=C(c1n[nH]c2cc(Cl)ccc12)N1C2C[C@H]3CC[N@@](C2)C[C@H]31. The summed E-state index contributed by atoms with van der Waals surface area (Å²) in [6.07, 6.45) is 2.38. The third-order valence-electron chi connectivity index (χ3n) is 5.56. The molecule has 4 heterocycles. The number of aromatic nitrogens is 2. The van der Waals surface area contributed by atoms with Gasteiger partial charge in [0.05, 0.1) is 5.52 Å². The van der Waals surface area contributed by atoms with Gasteiger partial charge in [0.2, 0.25) is 0 Å². The first-order chi connectivity index (χ1) is 10.7. The van der Waals surface area contributed by atoms with E-state index in [1.807, 2.05) is 18.2 Å². The van der Waals surface area contributed by atoms with E-state index in [1.54, 1.807) is 0 Å². The molecule has 6 heteroatoms. The van der Waals surface area contributed by atoms with Crippen molar-refractivity contribution < 1.29 is 4.79 Å². The molecule has 114 valence electrons. The van der Waals surface area contributed by atoms with E-state index >= 15 is 0 Å². The van der Waals surface area contributed by atoms with Gasteiger partial charge in [0, 0.05) is 35.6 Å². The van der Waals surface area contributed by atoms with Crippen molar-refractivity contribution in [2.24, 2.45) is 5.92 Å². The van der Waals surface area contributed by atoms with E-state index in [0.717, 1.165) is 30.4 Å². The molecular weight excluding hydrogens is 300 g/mol. The largest absolute Gasteiger partial charge is 0.328 e. The number of H-pyrrole nitrogens is 1. The molecule has 0 spiro atoms. The number of piperazine rings is 1. The lowest BCUT2D eigenvalue weighted by Crippen LogP contribution is -2.58. The monoisotopic (exact) mass is 316 g/mol. The molecule has 5 rings (SSSR count). The highest BCUT2D eigenvalue weighted by atomic mass is 35.5. The first-order valence-corrected chi connectivity index (χ1v) is 8.27. The maximum Gasteiger partial charge on any atom is 0.275 e. The maximum absolute atomic E-state index is 13.1. The van der Waals surface area contributed by atoms with Crippen LogP contribution in [0.4, 0.5) is 0 Å². The van der Waals surface area contributed by atoms with Crippen LogP contribution in [0.1, 0.15) is 23.3 Å². The quantitative estimate of drug-likeness (QED) is 0.877. The van der Waals surface area contributed by atoms with E-state index in [1.165, 1.54) is 13.0 Å². The van der Waals surface area contributed by atoms with Crippen molar-refractivity contribution in [2.45, 2.75) is 24.9 Å². The molecule has 22 heavy (non-hydrogen) atoms. The fraction of sp³-hybridized carbons (Fsp3) is 0.500. The average Bonchev–Trinajstić information content (AvgIpc) is 2.95. The highest BCUT2D eigenvalue weighted by molar-refractivity contribution is 6.31. The number of fused-ring (bicyclic) bond motifs is 3. The highest BCUT2D eigenvalue weighted by Gasteiger charge is 2.51. The van der Waals surface area contributed by atoms with Gasteiger partial charge in [-0.15, -0.1) is 0 Å². The Bertz CT molecular complexity index is 769. The van der Waals surface area contributed by atoms with Crippen molar-refractivity contribution in [3.05, 3.63) is 28.9 Å². The van der Waals surface area contributed by atoms with E-state index in [9.17, 15) is 4.79 Å². The highest BCUT2D eigenvalue weighted by Crippen LogP contribution is 2.41. The van der Waals surface area contributed by atoms with Gasteiger partial charge in [0.25, 0.3) is 5.91 Å². The Balaban J connectivity index is 1.54. The van der Waals surface area contributed by atoms with E-state index in [2.05, 4.69) is 20.0 Å². The van der Waals surface area contributed by atoms with Gasteiger partial charge in [-0.2, -0.15) is 5.10 Å². The molecule has 3 aliphatic heterocycles. The molecule has 2 aromatic rings. The van der Waals surface area contributed by atoms with Crippen LogP contribution in [0.25, 0.3) is 10.9 Å². The summed E-state index contributed by atoms with van der Waals surface area (Å²) in [4.78, 5) is 17.7. The first kappa shape index (κ1) is 12.9. The molecule has 1 N–H and O–H groups in total. The predicted octanol–water partition coefficient (Wildman–Crippen LogP) is 2.13. The van der Waals surface area contributed by atoms with Gasteiger partial charge in [-0.25, -0.2) is 0 Å². The number of amides is 1. The summed E-state index contributed by atoms with van der Waals surface area (Å²) >= 11 is 6.01. The Kier molecular flexibility index (Phi) is 2.62. The number of piperidine rings is 1. The summed E-state index contributed by atoms with van der Waals surface area (Å²) in [6.45, 7) is 3.25. The van der Waals surface area contributed by atoms with E-state index < -0.39 is 0 Å². The molecule has 1 amide bonds. The second-order valence-corrected chi connectivity index (χ2v) is 7.18. The van der Waals surface area contributed by atoms with Crippen LogP contribution in [0, 0.1) is 5.92 Å². The molecule has 3 aliphatic rings. The van der Waals surface area contributed by atoms with Crippen molar-refractivity contribution in [1.29, 1.82) is 0 Å². The Labute approximate surface area is 133 Å². The van der Waals surface area contributed by atoms with Gasteiger partial charge < -0.3 is 4.90 Å². The van der Waals surface area contributed by atoms with Crippen LogP contribution in [0.2, 0.25) is 5.02 Å². The minimum atomic E-state index is 0.0765. The number of hydrogen-bond donors (Lipinski definition) is 1. The first-order valence-electron chi connectivity index (χ1n) is 7.89. The number of hydrogen-bond acceptors (Lipinski definition) is 3. The second-order valence-electron chi connectivity index (χ2n) is 6.74. The zero-order chi connectivity index (χ0) is 14.8. The second kappa shape index (κ2) is 4.46. The van der Waals surface area contributed by atoms with E-state index in [0.29, 0.717) is 28.7 Å². The Morgan fingerprint density at radius 1 is 1.36 bits per heavy atom. The van der Waals surface area contributed by atoms with Crippen LogP contribution >= 0.6 is 11.6 Å². The zero-order valence-electron chi connectivity index (χ0n) is 12.1. The Morgan fingerprint density at radius 2 is 2.27 bits per heavy atom. The van der Waals surface area contributed by atoms with Gasteiger partial charge in [-0.05, 0) is 43.5 Å². The summed E-state index contributed by atoms with van der Waals surface area (Å²) in [5.74, 6) is 0.750. The predicted molar refractivity (Wildman–Crippen MR) is 84.0 cm³/mol. The molecule has 1 unspecified atom stereocenters. The number of nitrogens with one attached hydrogen (secondary N) is 1. The third kappa shape index (κ3) is 1.69. The van der Waals surface area contributed by atoms with Crippen LogP contribution in [0.15, 0.2) is 18.2 Å². The number of nitrogens with zero attached hydrogens (tertiary/aromatic N) is 3. The van der Waals surface area contributed by atoms with Crippen molar-refractivity contribution in [2.75, 3.05) is 19.6 Å². The summed E-state index contributed by atoms with van der Waals surface area (Å²) in [5.41, 5.74) is 1.36. The summed E-state index contributed by atoms with van der Waals surface area (Å²) < 4.78 is 0. The lowest BCUT2D eigenvalue weighted by Gasteiger charge is -2.44. The zero-order valence-corrected chi connectivity index (χ0v) is 12.9. The number of aromatic amines is 1. The molecule has 1 aromatic carbocycles. The normalized spacial score (nSPS) is 32.9. The molecule has 3 saturated heterocycles. The average molecular weight is 317 g/mol. The van der Waals surface area contributed by atoms with Crippen molar-refractivity contribution in [3.8, 4) is 0 Å². The fourth-order valence-corrected chi connectivity index (χ4v) is 4.76. The van der Waals surface area contributed by atoms with Crippen molar-refractivity contribution in [1.82, 2.24) is 20.0 Å². The molecule has 3 bridgehead atoms. The minimum Gasteiger partial charge on any atom is -0.328 e. The molecule has 4 atom stereocenters. The molecule has 3 fully saturated rings.